The summed E-state index contributed by atoms with van der Waals surface area (Å²) in [5, 5.41) is 0. The van der Waals surface area contributed by atoms with Crippen molar-refractivity contribution in [1.29, 1.82) is 0 Å². The third kappa shape index (κ3) is 1.75. The molecule has 0 amide bonds. The Labute approximate surface area is 81.5 Å². The average molecular weight is 182 g/mol. The zero-order valence-corrected chi connectivity index (χ0v) is 8.92. The second kappa shape index (κ2) is 3.25. The van der Waals surface area contributed by atoms with E-state index in [1.807, 2.05) is 0 Å². The maximum Gasteiger partial charge on any atom is 0.0219 e. The van der Waals surface area contributed by atoms with Gasteiger partial charge in [-0.3, -0.25) is 4.90 Å². The summed E-state index contributed by atoms with van der Waals surface area (Å²) < 4.78 is 0. The molecule has 2 aliphatic rings. The van der Waals surface area contributed by atoms with E-state index in [-0.39, 0.29) is 0 Å². The van der Waals surface area contributed by atoms with E-state index in [0.717, 1.165) is 0 Å². The Hall–Kier alpha value is -0.0800. The molecule has 2 heteroatoms. The van der Waals surface area contributed by atoms with Crippen molar-refractivity contribution in [3.8, 4) is 0 Å². The van der Waals surface area contributed by atoms with E-state index in [2.05, 4.69) is 18.7 Å². The van der Waals surface area contributed by atoms with Crippen LogP contribution in [0.15, 0.2) is 0 Å². The molecule has 2 N–H and O–H groups in total. The fourth-order valence-corrected chi connectivity index (χ4v) is 2.68. The van der Waals surface area contributed by atoms with Gasteiger partial charge in [0.1, 0.15) is 0 Å². The highest BCUT2D eigenvalue weighted by Crippen LogP contribution is 2.41. The van der Waals surface area contributed by atoms with Gasteiger partial charge in [-0.1, -0.05) is 13.3 Å². The molecule has 0 spiro atoms. The van der Waals surface area contributed by atoms with Crippen molar-refractivity contribution in [1.82, 2.24) is 4.90 Å². The van der Waals surface area contributed by atoms with Crippen LogP contribution in [0.4, 0.5) is 0 Å². The predicted molar refractivity (Wildman–Crippen MR) is 55.6 cm³/mol. The number of nitrogens with zero attached hydrogens (tertiary/aromatic N) is 1. The highest BCUT2D eigenvalue weighted by molar-refractivity contribution is 4.93. The van der Waals surface area contributed by atoms with Crippen molar-refractivity contribution in [3.63, 3.8) is 0 Å². The molecule has 1 aliphatic carbocycles. The molecule has 0 aromatic carbocycles. The van der Waals surface area contributed by atoms with Crippen LogP contribution in [-0.4, -0.2) is 30.1 Å². The molecule has 13 heavy (non-hydrogen) atoms. The first kappa shape index (κ1) is 9.47. The number of likely N-dealkylation sites (tertiary alicyclic amines) is 1. The summed E-state index contributed by atoms with van der Waals surface area (Å²) in [5.74, 6) is 0. The van der Waals surface area contributed by atoms with Crippen LogP contribution in [0.2, 0.25) is 0 Å². The zero-order chi connectivity index (χ0) is 9.47. The highest BCUT2D eigenvalue weighted by atomic mass is 15.2. The summed E-state index contributed by atoms with van der Waals surface area (Å²) in [5.41, 5.74) is 6.63. The SMILES string of the molecule is CC1C(N)CCN1CC1(C)CCC1. The molecule has 2 unspecified atom stereocenters. The maximum absolute atomic E-state index is 6.01. The largest absolute Gasteiger partial charge is 0.326 e. The van der Waals surface area contributed by atoms with Gasteiger partial charge in [0.05, 0.1) is 0 Å². The second-order valence-corrected chi connectivity index (χ2v) is 5.33. The summed E-state index contributed by atoms with van der Waals surface area (Å²) in [4.78, 5) is 2.59. The number of rotatable bonds is 2. The van der Waals surface area contributed by atoms with Crippen molar-refractivity contribution in [2.24, 2.45) is 11.1 Å². The second-order valence-electron chi connectivity index (χ2n) is 5.33. The van der Waals surface area contributed by atoms with Gasteiger partial charge in [-0.15, -0.1) is 0 Å². The Morgan fingerprint density at radius 3 is 2.54 bits per heavy atom. The molecule has 2 rings (SSSR count). The average Bonchev–Trinajstić information content (AvgIpc) is 2.33. The zero-order valence-electron chi connectivity index (χ0n) is 8.92. The van der Waals surface area contributed by atoms with Crippen LogP contribution < -0.4 is 5.73 Å². The molecule has 1 aliphatic heterocycles. The van der Waals surface area contributed by atoms with Crippen LogP contribution >= 0.6 is 0 Å². The fraction of sp³-hybridized carbons (Fsp3) is 1.00. The van der Waals surface area contributed by atoms with Crippen LogP contribution in [0, 0.1) is 5.41 Å². The van der Waals surface area contributed by atoms with Crippen molar-refractivity contribution < 1.29 is 0 Å². The molecule has 1 saturated heterocycles. The molecule has 2 fully saturated rings. The maximum atomic E-state index is 6.01. The Kier molecular flexibility index (Phi) is 2.37. The molecular weight excluding hydrogens is 160 g/mol. The minimum absolute atomic E-state index is 0.420. The van der Waals surface area contributed by atoms with Crippen LogP contribution in [0.5, 0.6) is 0 Å². The Bertz CT molecular complexity index is 187. The lowest BCUT2D eigenvalue weighted by atomic mass is 9.70. The Morgan fingerprint density at radius 2 is 2.15 bits per heavy atom. The molecule has 2 atom stereocenters. The summed E-state index contributed by atoms with van der Waals surface area (Å²) in [7, 11) is 0. The van der Waals surface area contributed by atoms with E-state index in [1.54, 1.807) is 0 Å². The van der Waals surface area contributed by atoms with Crippen LogP contribution in [0.25, 0.3) is 0 Å². The molecule has 1 heterocycles. The lowest BCUT2D eigenvalue weighted by Crippen LogP contribution is -2.44. The van der Waals surface area contributed by atoms with Gasteiger partial charge >= 0.3 is 0 Å². The number of hydrogen-bond acceptors (Lipinski definition) is 2. The van der Waals surface area contributed by atoms with Gasteiger partial charge in [0.15, 0.2) is 0 Å². The van der Waals surface area contributed by atoms with Gasteiger partial charge in [0.25, 0.3) is 0 Å². The summed E-state index contributed by atoms with van der Waals surface area (Å²) >= 11 is 0. The van der Waals surface area contributed by atoms with E-state index >= 15 is 0 Å². The van der Waals surface area contributed by atoms with Crippen LogP contribution in [0.1, 0.15) is 39.5 Å². The van der Waals surface area contributed by atoms with Crippen molar-refractivity contribution in [2.75, 3.05) is 13.1 Å². The topological polar surface area (TPSA) is 29.3 Å². The molecular formula is C11H22N2. The number of hydrogen-bond donors (Lipinski definition) is 1. The normalized spacial score (nSPS) is 39.0. The first-order valence-electron chi connectivity index (χ1n) is 5.60. The third-order valence-electron chi connectivity index (χ3n) is 4.09. The molecule has 2 nitrogen and oxygen atoms in total. The molecule has 76 valence electrons. The van der Waals surface area contributed by atoms with Gasteiger partial charge in [0, 0.05) is 25.2 Å². The summed E-state index contributed by atoms with van der Waals surface area (Å²) in [6.45, 7) is 7.20. The van der Waals surface area contributed by atoms with E-state index in [4.69, 9.17) is 5.73 Å². The van der Waals surface area contributed by atoms with E-state index in [9.17, 15) is 0 Å². The van der Waals surface area contributed by atoms with Crippen molar-refractivity contribution in [2.45, 2.75) is 51.6 Å². The quantitative estimate of drug-likeness (QED) is 0.703. The standard InChI is InChI=1S/C11H22N2/c1-9-10(12)4-7-13(9)8-11(2)5-3-6-11/h9-10H,3-8,12H2,1-2H3. The van der Waals surface area contributed by atoms with Crippen molar-refractivity contribution >= 4 is 0 Å². The monoisotopic (exact) mass is 182 g/mol. The van der Waals surface area contributed by atoms with E-state index in [0.29, 0.717) is 17.5 Å². The lowest BCUT2D eigenvalue weighted by molar-refractivity contribution is 0.0804. The van der Waals surface area contributed by atoms with E-state index < -0.39 is 0 Å². The summed E-state index contributed by atoms with van der Waals surface area (Å²) in [6.07, 6.45) is 5.47. The fourth-order valence-electron chi connectivity index (χ4n) is 2.68. The minimum Gasteiger partial charge on any atom is -0.326 e. The van der Waals surface area contributed by atoms with Crippen molar-refractivity contribution in [3.05, 3.63) is 0 Å². The Balaban J connectivity index is 1.88. The predicted octanol–water partition coefficient (Wildman–Crippen LogP) is 1.60. The molecule has 0 bridgehead atoms. The minimum atomic E-state index is 0.420. The first-order valence-corrected chi connectivity index (χ1v) is 5.60. The number of nitrogens with two attached hydrogens (primary N) is 1. The molecule has 1 saturated carbocycles. The Morgan fingerprint density at radius 1 is 1.46 bits per heavy atom. The van der Waals surface area contributed by atoms with Crippen LogP contribution in [0.3, 0.4) is 0 Å². The van der Waals surface area contributed by atoms with Gasteiger partial charge < -0.3 is 5.73 Å². The van der Waals surface area contributed by atoms with Gasteiger partial charge in [-0.05, 0) is 31.6 Å². The van der Waals surface area contributed by atoms with Gasteiger partial charge in [0.2, 0.25) is 0 Å². The summed E-state index contributed by atoms with van der Waals surface area (Å²) in [6, 6.07) is 1.03. The lowest BCUT2D eigenvalue weighted by Gasteiger charge is -2.42. The van der Waals surface area contributed by atoms with Crippen LogP contribution in [-0.2, 0) is 0 Å². The van der Waals surface area contributed by atoms with Gasteiger partial charge in [-0.25, -0.2) is 0 Å². The highest BCUT2D eigenvalue weighted by Gasteiger charge is 2.37. The smallest absolute Gasteiger partial charge is 0.0219 e. The molecule has 0 aromatic heterocycles. The van der Waals surface area contributed by atoms with E-state index in [1.165, 1.54) is 38.8 Å². The van der Waals surface area contributed by atoms with Gasteiger partial charge in [-0.2, -0.15) is 0 Å². The molecule has 0 radical (unpaired) electrons. The first-order chi connectivity index (χ1) is 6.11. The third-order valence-corrected chi connectivity index (χ3v) is 4.09. The molecule has 0 aromatic rings.